The Balaban J connectivity index is 1.82. The van der Waals surface area contributed by atoms with Gasteiger partial charge >= 0.3 is 183 Å². The second-order valence-electron chi connectivity index (χ2n) is 7.82. The van der Waals surface area contributed by atoms with Crippen LogP contribution < -0.4 is 10.7 Å². The normalized spacial score (nSPS) is 11.5. The van der Waals surface area contributed by atoms with E-state index >= 15 is 0 Å². The average molecular weight is 491 g/mol. The van der Waals surface area contributed by atoms with Gasteiger partial charge in [0, 0.05) is 0 Å². The Bertz CT molecular complexity index is 1140. The Kier molecular flexibility index (Phi) is 5.42. The molecule has 5 aromatic carbocycles. The first-order chi connectivity index (χ1) is 14.9. The van der Waals surface area contributed by atoms with E-state index in [4.69, 9.17) is 0 Å². The van der Waals surface area contributed by atoms with Gasteiger partial charge in [-0.1, -0.05) is 0 Å². The van der Waals surface area contributed by atoms with Crippen LogP contribution in [0.5, 0.6) is 0 Å². The molecular weight excluding hydrogens is 467 g/mol. The van der Waals surface area contributed by atoms with E-state index in [1.54, 1.807) is 0 Å². The summed E-state index contributed by atoms with van der Waals surface area (Å²) in [4.78, 5) is 0. The Morgan fingerprint density at radius 1 is 0.400 bits per heavy atom. The van der Waals surface area contributed by atoms with E-state index in [9.17, 15) is 0 Å². The van der Waals surface area contributed by atoms with E-state index in [1.807, 2.05) is 0 Å². The monoisotopic (exact) mass is 492 g/mol. The molecule has 0 spiro atoms. The van der Waals surface area contributed by atoms with Crippen LogP contribution in [0.1, 0.15) is 5.56 Å². The molecule has 0 aliphatic carbocycles. The molecule has 0 nitrogen and oxygen atoms in total. The first kappa shape index (κ1) is 19.1. The van der Waals surface area contributed by atoms with E-state index in [0.717, 1.165) is 4.44 Å². The van der Waals surface area contributed by atoms with Crippen LogP contribution in [0.25, 0.3) is 10.8 Å². The van der Waals surface area contributed by atoms with Crippen LogP contribution >= 0.6 is 0 Å². The van der Waals surface area contributed by atoms with E-state index in [-0.39, 0.29) is 0 Å². The molecule has 0 unspecified atom stereocenters. The van der Waals surface area contributed by atoms with Gasteiger partial charge in [0.2, 0.25) is 0 Å². The van der Waals surface area contributed by atoms with Crippen molar-refractivity contribution in [2.75, 3.05) is 0 Å². The fourth-order valence-electron chi connectivity index (χ4n) is 4.71. The summed E-state index contributed by atoms with van der Waals surface area (Å²) in [6.45, 7) is 0. The third-order valence-corrected chi connectivity index (χ3v) is 20.0. The van der Waals surface area contributed by atoms with Gasteiger partial charge < -0.3 is 0 Å². The second kappa shape index (κ2) is 8.49. The number of hydrogen-bond donors (Lipinski definition) is 0. The standard InChI is InChI=1S/C11H9.3C6H5.Sn/c1-9-5-4-7-10-6-2-3-8-11(9)10;3*1-2-4-6-5-3-1;/h2-8H,1H2;3*1-5H;. The molecule has 0 aliphatic heterocycles. The van der Waals surface area contributed by atoms with Crippen molar-refractivity contribution in [1.29, 1.82) is 0 Å². The van der Waals surface area contributed by atoms with Crippen LogP contribution in [-0.4, -0.2) is 18.4 Å². The van der Waals surface area contributed by atoms with Crippen LogP contribution in [-0.2, 0) is 4.44 Å². The molecule has 0 saturated carbocycles. The van der Waals surface area contributed by atoms with Crippen molar-refractivity contribution in [3.63, 3.8) is 0 Å². The SMILES string of the molecule is c1cc[c]([Sn]([CH2]c2cccc3ccccc23)([c]2ccccc2)[c]2ccccc2)cc1. The summed E-state index contributed by atoms with van der Waals surface area (Å²) < 4.78 is 5.68. The first-order valence-electron chi connectivity index (χ1n) is 10.5. The molecular formula is C29H24Sn. The van der Waals surface area contributed by atoms with Crippen LogP contribution in [0.2, 0.25) is 0 Å². The Labute approximate surface area is 182 Å². The molecule has 0 N–H and O–H groups in total. The van der Waals surface area contributed by atoms with Gasteiger partial charge in [0.25, 0.3) is 0 Å². The predicted molar refractivity (Wildman–Crippen MR) is 132 cm³/mol. The molecule has 30 heavy (non-hydrogen) atoms. The van der Waals surface area contributed by atoms with Crippen molar-refractivity contribution < 1.29 is 0 Å². The van der Waals surface area contributed by atoms with E-state index in [1.165, 1.54) is 27.1 Å². The van der Waals surface area contributed by atoms with Gasteiger partial charge in [0.1, 0.15) is 0 Å². The summed E-state index contributed by atoms with van der Waals surface area (Å²) in [6, 6.07) is 49.4. The van der Waals surface area contributed by atoms with Gasteiger partial charge in [-0.25, -0.2) is 0 Å². The van der Waals surface area contributed by atoms with Gasteiger partial charge in [0.15, 0.2) is 0 Å². The Morgan fingerprint density at radius 3 is 1.37 bits per heavy atom. The molecule has 0 aliphatic rings. The molecule has 5 rings (SSSR count). The fourth-order valence-corrected chi connectivity index (χ4v) is 18.3. The van der Waals surface area contributed by atoms with Crippen molar-refractivity contribution in [2.45, 2.75) is 4.44 Å². The molecule has 0 fully saturated rings. The third kappa shape index (κ3) is 3.46. The summed E-state index contributed by atoms with van der Waals surface area (Å²) in [7, 11) is 0. The minimum absolute atomic E-state index is 1.11. The predicted octanol–water partition coefficient (Wildman–Crippen LogP) is 5.09. The fraction of sp³-hybridized carbons (Fsp3) is 0.0345. The van der Waals surface area contributed by atoms with Crippen molar-refractivity contribution in [1.82, 2.24) is 0 Å². The van der Waals surface area contributed by atoms with Crippen molar-refractivity contribution in [2.24, 2.45) is 0 Å². The molecule has 144 valence electrons. The second-order valence-corrected chi connectivity index (χ2v) is 18.9. The molecule has 0 saturated heterocycles. The topological polar surface area (TPSA) is 0 Å². The van der Waals surface area contributed by atoms with Gasteiger partial charge in [0.05, 0.1) is 0 Å². The van der Waals surface area contributed by atoms with Gasteiger partial charge in [-0.3, -0.25) is 0 Å². The molecule has 0 amide bonds. The first-order valence-corrected chi connectivity index (χ1v) is 16.8. The van der Waals surface area contributed by atoms with Crippen molar-refractivity contribution in [3.8, 4) is 0 Å². The number of fused-ring (bicyclic) bond motifs is 1. The molecule has 0 atom stereocenters. The van der Waals surface area contributed by atoms with Crippen LogP contribution in [0.3, 0.4) is 0 Å². The van der Waals surface area contributed by atoms with Crippen molar-refractivity contribution >= 4 is 39.9 Å². The molecule has 5 aromatic rings. The van der Waals surface area contributed by atoms with Crippen LogP contribution in [0.15, 0.2) is 133 Å². The Morgan fingerprint density at radius 2 is 0.833 bits per heavy atom. The quantitative estimate of drug-likeness (QED) is 0.301. The summed E-state index contributed by atoms with van der Waals surface area (Å²) in [6.07, 6.45) is 0. The number of hydrogen-bond acceptors (Lipinski definition) is 0. The zero-order chi connectivity index (χ0) is 20.2. The third-order valence-electron chi connectivity index (χ3n) is 6.14. The average Bonchev–Trinajstić information content (AvgIpc) is 2.84. The van der Waals surface area contributed by atoms with Gasteiger partial charge in [-0.05, 0) is 0 Å². The van der Waals surface area contributed by atoms with Gasteiger partial charge in [-0.2, -0.15) is 0 Å². The summed E-state index contributed by atoms with van der Waals surface area (Å²) in [5, 5.41) is 2.70. The summed E-state index contributed by atoms with van der Waals surface area (Å²) >= 11 is -3.31. The molecule has 1 heteroatoms. The zero-order valence-electron chi connectivity index (χ0n) is 16.9. The molecule has 0 radical (unpaired) electrons. The number of rotatable bonds is 5. The summed E-state index contributed by atoms with van der Waals surface area (Å²) in [5.41, 5.74) is 1.46. The van der Waals surface area contributed by atoms with Crippen LogP contribution in [0.4, 0.5) is 0 Å². The van der Waals surface area contributed by atoms with E-state index in [2.05, 4.69) is 133 Å². The molecule has 0 aromatic heterocycles. The number of benzene rings is 5. The van der Waals surface area contributed by atoms with Gasteiger partial charge in [-0.15, -0.1) is 0 Å². The molecule has 0 heterocycles. The van der Waals surface area contributed by atoms with Crippen molar-refractivity contribution in [3.05, 3.63) is 139 Å². The summed E-state index contributed by atoms with van der Waals surface area (Å²) in [5.74, 6) is 0. The molecule has 0 bridgehead atoms. The van der Waals surface area contributed by atoms with E-state index < -0.39 is 18.4 Å². The zero-order valence-corrected chi connectivity index (χ0v) is 19.8. The van der Waals surface area contributed by atoms with Crippen LogP contribution in [0, 0.1) is 0 Å². The van der Waals surface area contributed by atoms with E-state index in [0.29, 0.717) is 0 Å². The maximum absolute atomic E-state index is 3.31. The minimum atomic E-state index is -3.31. The maximum atomic E-state index is 2.36. The Hall–Kier alpha value is -2.84.